The highest BCUT2D eigenvalue weighted by molar-refractivity contribution is 5.69. The second-order valence-corrected chi connectivity index (χ2v) is 16.9. The summed E-state index contributed by atoms with van der Waals surface area (Å²) in [7, 11) is 0. The van der Waals surface area contributed by atoms with Crippen molar-refractivity contribution in [2.45, 2.75) is 233 Å². The van der Waals surface area contributed by atoms with Crippen LogP contribution in [-0.2, 0) is 90.4 Å². The molecule has 0 aromatic rings. The maximum Gasteiger partial charge on any atom is 0.303 e. The van der Waals surface area contributed by atoms with Crippen molar-refractivity contribution in [3.05, 3.63) is 0 Å². The number of esters is 7. The molecule has 19 nitrogen and oxygen atoms in total. The largest absolute Gasteiger partial charge is 0.459 e. The van der Waals surface area contributed by atoms with E-state index >= 15 is 0 Å². The Bertz CT molecular complexity index is 1540. The molecule has 0 unspecified atom stereocenters. The number of hydrogen-bond acceptors (Lipinski definition) is 19. The Labute approximate surface area is 376 Å². The fourth-order valence-electron chi connectivity index (χ4n) is 8.64. The summed E-state index contributed by atoms with van der Waals surface area (Å²) < 4.78 is 71.6. The van der Waals surface area contributed by atoms with Crippen molar-refractivity contribution < 1.29 is 90.4 Å². The molecule has 0 aromatic heterocycles. The van der Waals surface area contributed by atoms with Crippen LogP contribution in [0.5, 0.6) is 0 Å². The number of carbonyl (C=O) groups is 7. The van der Waals surface area contributed by atoms with E-state index in [9.17, 15) is 33.6 Å². The summed E-state index contributed by atoms with van der Waals surface area (Å²) in [6, 6.07) is 0. The van der Waals surface area contributed by atoms with Crippen molar-refractivity contribution in [1.82, 2.24) is 0 Å². The quantitative estimate of drug-likeness (QED) is 0.0736. The zero-order chi connectivity index (χ0) is 47.7. The molecular formula is C45H72O19. The van der Waals surface area contributed by atoms with E-state index in [-0.39, 0.29) is 13.0 Å². The number of carbonyl (C=O) groups excluding carboxylic acids is 7. The van der Waals surface area contributed by atoms with Gasteiger partial charge in [-0.2, -0.15) is 0 Å². The molecule has 0 bridgehead atoms. The van der Waals surface area contributed by atoms with Gasteiger partial charge in [-0.25, -0.2) is 0 Å². The van der Waals surface area contributed by atoms with Crippen LogP contribution in [0.15, 0.2) is 0 Å². The highest BCUT2D eigenvalue weighted by Gasteiger charge is 2.57. The lowest BCUT2D eigenvalue weighted by Gasteiger charge is -2.50. The SMILES string of the molecule is CCCCCCCCCCCCO[C@@H]1O[C@@H](C)[C@H](O[C@H]2O[C@@H](C)[C@H](OC(C)=O)[C@@H](C[C@H]3O[C@@H](C)[C@H](OC(C)=O)[C@@H](OC(C)=O)[C@H]3OC(C)=O)[C@H]2OC(C)=O)[C@@H](OC(C)=O)[C@H]1OC(C)=O. The first kappa shape index (κ1) is 54.4. The monoisotopic (exact) mass is 916 g/mol. The van der Waals surface area contributed by atoms with E-state index in [1.54, 1.807) is 20.8 Å². The van der Waals surface area contributed by atoms with E-state index in [4.69, 9.17) is 56.8 Å². The van der Waals surface area contributed by atoms with Gasteiger partial charge < -0.3 is 56.8 Å². The fourth-order valence-corrected chi connectivity index (χ4v) is 8.64. The first-order valence-corrected chi connectivity index (χ1v) is 22.7. The molecule has 0 spiro atoms. The lowest BCUT2D eigenvalue weighted by Crippen LogP contribution is -2.65. The molecule has 15 atom stereocenters. The summed E-state index contributed by atoms with van der Waals surface area (Å²) in [6.07, 6.45) is -5.93. The molecule has 0 saturated carbocycles. The number of unbranched alkanes of at least 4 members (excludes halogenated alkanes) is 9. The summed E-state index contributed by atoms with van der Waals surface area (Å²) in [4.78, 5) is 87.8. The van der Waals surface area contributed by atoms with Crippen LogP contribution in [0.4, 0.5) is 0 Å². The van der Waals surface area contributed by atoms with E-state index < -0.39 is 134 Å². The zero-order valence-corrected chi connectivity index (χ0v) is 39.4. The van der Waals surface area contributed by atoms with Crippen LogP contribution in [0, 0.1) is 5.92 Å². The van der Waals surface area contributed by atoms with E-state index in [1.807, 2.05) is 0 Å². The van der Waals surface area contributed by atoms with Gasteiger partial charge >= 0.3 is 41.8 Å². The third kappa shape index (κ3) is 17.1. The maximum absolute atomic E-state index is 12.9. The van der Waals surface area contributed by atoms with Gasteiger partial charge in [0.2, 0.25) is 0 Å². The molecule has 3 fully saturated rings. The first-order chi connectivity index (χ1) is 30.2. The smallest absolute Gasteiger partial charge is 0.303 e. The summed E-state index contributed by atoms with van der Waals surface area (Å²) in [5.74, 6) is -6.22. The lowest BCUT2D eigenvalue weighted by molar-refractivity contribution is -0.352. The standard InChI is InChI=1S/C45H72O19/c1-12-13-14-15-16-17-18-19-20-21-22-53-44-43(63-33(11)52)42(62-32(10)51)38(26(4)55-44)64-45-39(59-29(7)48)34(36(24(2)56-45)57-27(5)46)23-35-40(60-30(8)49)41(61-31(9)50)37(25(3)54-35)58-28(6)47/h24-26,34-45H,12-23H2,1-11H3/t24-,25-,26-,34+,35+,36-,37-,38-,39+,40-,41+,42+,43+,44+,45+/m0/s1. The molecule has 366 valence electrons. The number of ether oxygens (including phenoxy) is 12. The van der Waals surface area contributed by atoms with Crippen molar-refractivity contribution in [3.8, 4) is 0 Å². The lowest BCUT2D eigenvalue weighted by atomic mass is 9.81. The molecule has 0 radical (unpaired) electrons. The number of hydrogen-bond donors (Lipinski definition) is 0. The zero-order valence-electron chi connectivity index (χ0n) is 39.4. The van der Waals surface area contributed by atoms with E-state index in [1.165, 1.54) is 59.3 Å². The van der Waals surface area contributed by atoms with E-state index in [0.717, 1.165) is 47.0 Å². The minimum atomic E-state index is -1.49. The molecule has 3 aliphatic rings. The van der Waals surface area contributed by atoms with Crippen molar-refractivity contribution in [2.24, 2.45) is 5.92 Å². The minimum Gasteiger partial charge on any atom is -0.459 e. The molecule has 64 heavy (non-hydrogen) atoms. The van der Waals surface area contributed by atoms with Crippen molar-refractivity contribution in [2.75, 3.05) is 6.61 Å². The summed E-state index contributed by atoms with van der Waals surface area (Å²) in [5.41, 5.74) is 0. The van der Waals surface area contributed by atoms with Gasteiger partial charge in [-0.05, 0) is 33.6 Å². The Hall–Kier alpha value is -3.91. The predicted molar refractivity (Wildman–Crippen MR) is 223 cm³/mol. The molecular weight excluding hydrogens is 844 g/mol. The first-order valence-electron chi connectivity index (χ1n) is 22.7. The van der Waals surface area contributed by atoms with Gasteiger partial charge in [-0.3, -0.25) is 33.6 Å². The molecule has 0 aliphatic carbocycles. The Morgan fingerprint density at radius 3 is 1.28 bits per heavy atom. The minimum absolute atomic E-state index is 0.203. The molecule has 19 heteroatoms. The summed E-state index contributed by atoms with van der Waals surface area (Å²) >= 11 is 0. The third-order valence-corrected chi connectivity index (χ3v) is 11.2. The van der Waals surface area contributed by atoms with Gasteiger partial charge in [0.1, 0.15) is 12.2 Å². The second kappa shape index (κ2) is 26.9. The van der Waals surface area contributed by atoms with Crippen molar-refractivity contribution >= 4 is 41.8 Å². The van der Waals surface area contributed by atoms with Crippen LogP contribution >= 0.6 is 0 Å². The number of rotatable bonds is 23. The van der Waals surface area contributed by atoms with Crippen molar-refractivity contribution in [3.63, 3.8) is 0 Å². The van der Waals surface area contributed by atoms with Gasteiger partial charge in [0.15, 0.2) is 49.2 Å². The summed E-state index contributed by atoms with van der Waals surface area (Å²) in [5, 5.41) is 0. The molecule has 3 aliphatic heterocycles. The van der Waals surface area contributed by atoms with Crippen LogP contribution in [0.1, 0.15) is 147 Å². The summed E-state index contributed by atoms with van der Waals surface area (Å²) in [6.45, 7) is 15.4. The Balaban J connectivity index is 1.96. The van der Waals surface area contributed by atoms with Crippen LogP contribution in [0.2, 0.25) is 0 Å². The molecule has 0 N–H and O–H groups in total. The normalized spacial score (nSPS) is 32.6. The van der Waals surface area contributed by atoms with Gasteiger partial charge in [-0.1, -0.05) is 64.7 Å². The molecule has 0 aromatic carbocycles. The molecule has 0 amide bonds. The van der Waals surface area contributed by atoms with Crippen LogP contribution < -0.4 is 0 Å². The van der Waals surface area contributed by atoms with Gasteiger partial charge in [0.25, 0.3) is 0 Å². The predicted octanol–water partition coefficient (Wildman–Crippen LogP) is 5.11. The topological polar surface area (TPSA) is 230 Å². The second-order valence-electron chi connectivity index (χ2n) is 16.9. The van der Waals surface area contributed by atoms with E-state index in [2.05, 4.69) is 6.92 Å². The van der Waals surface area contributed by atoms with Crippen molar-refractivity contribution in [1.29, 1.82) is 0 Å². The van der Waals surface area contributed by atoms with Gasteiger partial charge in [0, 0.05) is 61.0 Å². The van der Waals surface area contributed by atoms with E-state index in [0.29, 0.717) is 6.42 Å². The van der Waals surface area contributed by atoms with Crippen LogP contribution in [0.3, 0.4) is 0 Å². The Kier molecular flexibility index (Phi) is 22.9. The molecule has 3 rings (SSSR count). The van der Waals surface area contributed by atoms with Crippen LogP contribution in [0.25, 0.3) is 0 Å². The van der Waals surface area contributed by atoms with Crippen LogP contribution in [-0.4, -0.2) is 134 Å². The Morgan fingerprint density at radius 1 is 0.391 bits per heavy atom. The average Bonchev–Trinajstić information content (AvgIpc) is 3.17. The van der Waals surface area contributed by atoms with Gasteiger partial charge in [0.05, 0.1) is 24.4 Å². The molecule has 3 saturated heterocycles. The molecule has 3 heterocycles. The highest BCUT2D eigenvalue weighted by atomic mass is 16.8. The maximum atomic E-state index is 12.9. The van der Waals surface area contributed by atoms with Gasteiger partial charge in [-0.15, -0.1) is 0 Å². The highest BCUT2D eigenvalue weighted by Crippen LogP contribution is 2.41. The average molecular weight is 917 g/mol. The Morgan fingerprint density at radius 2 is 0.766 bits per heavy atom. The third-order valence-electron chi connectivity index (χ3n) is 11.2. The fraction of sp³-hybridized carbons (Fsp3) is 0.844.